The first-order valence-corrected chi connectivity index (χ1v) is 17.6. The van der Waals surface area contributed by atoms with Gasteiger partial charge in [-0.2, -0.15) is 13.2 Å². The summed E-state index contributed by atoms with van der Waals surface area (Å²) in [5.74, 6) is -0.0812. The Morgan fingerprint density at radius 1 is 1.04 bits per heavy atom. The summed E-state index contributed by atoms with van der Waals surface area (Å²) in [5.41, 5.74) is 0.825. The van der Waals surface area contributed by atoms with Crippen molar-refractivity contribution in [2.24, 2.45) is 5.92 Å². The molecule has 3 amide bonds. The van der Waals surface area contributed by atoms with Crippen LogP contribution in [0.25, 0.3) is 0 Å². The second-order valence-electron chi connectivity index (χ2n) is 13.8. The number of anilines is 1. The van der Waals surface area contributed by atoms with Crippen molar-refractivity contribution in [2.45, 2.75) is 109 Å². The quantitative estimate of drug-likeness (QED) is 0.274. The fourth-order valence-corrected chi connectivity index (χ4v) is 6.54. The molecule has 2 aromatic rings. The molecule has 49 heavy (non-hydrogen) atoms. The van der Waals surface area contributed by atoms with Crippen molar-refractivity contribution in [1.82, 2.24) is 15.1 Å². The van der Waals surface area contributed by atoms with Crippen LogP contribution in [-0.4, -0.2) is 84.5 Å². The lowest BCUT2D eigenvalue weighted by Crippen LogP contribution is -2.47. The van der Waals surface area contributed by atoms with E-state index >= 15 is 0 Å². The average Bonchev–Trinajstić information content (AvgIpc) is 3.06. The lowest BCUT2D eigenvalue weighted by molar-refractivity contribution is -0.137. The summed E-state index contributed by atoms with van der Waals surface area (Å²) in [7, 11) is 1.90. The van der Waals surface area contributed by atoms with E-state index in [4.69, 9.17) is 9.47 Å². The third-order valence-corrected chi connectivity index (χ3v) is 9.48. The van der Waals surface area contributed by atoms with Crippen molar-refractivity contribution in [2.75, 3.05) is 38.7 Å². The number of nitrogens with one attached hydrogen (secondary N) is 2. The average molecular weight is 691 g/mol. The Morgan fingerprint density at radius 3 is 2.41 bits per heavy atom. The highest BCUT2D eigenvalue weighted by atomic mass is 19.4. The summed E-state index contributed by atoms with van der Waals surface area (Å²) in [6.07, 6.45) is 2.78. The molecular formula is C37H53F3N4O5. The van der Waals surface area contributed by atoms with Gasteiger partial charge in [0.05, 0.1) is 36.0 Å². The van der Waals surface area contributed by atoms with Crippen molar-refractivity contribution in [3.63, 3.8) is 0 Å². The molecule has 0 unspecified atom stereocenters. The van der Waals surface area contributed by atoms with Crippen LogP contribution in [0.3, 0.4) is 0 Å². The van der Waals surface area contributed by atoms with E-state index < -0.39 is 17.8 Å². The Kier molecular flexibility index (Phi) is 14.2. The van der Waals surface area contributed by atoms with Crippen LogP contribution in [0.15, 0.2) is 42.5 Å². The molecule has 2 aliphatic rings. The molecule has 0 aromatic heterocycles. The molecule has 4 rings (SSSR count). The number of aliphatic hydroxyl groups excluding tert-OH is 1. The molecule has 12 heteroatoms. The Morgan fingerprint density at radius 2 is 1.73 bits per heavy atom. The number of ether oxygens (including phenoxy) is 2. The number of alkyl halides is 3. The summed E-state index contributed by atoms with van der Waals surface area (Å²) in [6.45, 7) is 7.17. The minimum absolute atomic E-state index is 0.128. The Labute approximate surface area is 288 Å². The van der Waals surface area contributed by atoms with Crippen LogP contribution in [0.5, 0.6) is 5.75 Å². The molecule has 0 radical (unpaired) electrons. The maximum atomic E-state index is 14.4. The standard InChI is InChI=1S/C37H53F3N4O5/c1-25-21-44(26(2)24-45)35(46)32-20-31(42-36(47)41-30-11-6-5-7-12-30)17-18-33(32)49-27(3)10-8-9-19-48-34(25)23-43(4)22-28-13-15-29(16-14-28)37(38,39)40/h13-18,20,25-27,30,34,45H,5-12,19,21-24H2,1-4H3,(H2,41,42,47)/t25-,26+,27+,34-/m0/s1. The molecular weight excluding hydrogens is 637 g/mol. The third-order valence-electron chi connectivity index (χ3n) is 9.48. The molecule has 1 heterocycles. The monoisotopic (exact) mass is 690 g/mol. The summed E-state index contributed by atoms with van der Waals surface area (Å²) < 4.78 is 51.9. The van der Waals surface area contributed by atoms with E-state index in [1.54, 1.807) is 30.0 Å². The van der Waals surface area contributed by atoms with E-state index in [2.05, 4.69) is 10.6 Å². The molecule has 2 aromatic carbocycles. The topological polar surface area (TPSA) is 103 Å². The van der Waals surface area contributed by atoms with Gasteiger partial charge < -0.3 is 30.1 Å². The lowest BCUT2D eigenvalue weighted by atomic mass is 9.96. The molecule has 1 saturated carbocycles. The number of hydrogen-bond acceptors (Lipinski definition) is 6. The normalized spacial score (nSPS) is 22.5. The number of halogens is 3. The van der Waals surface area contributed by atoms with Gasteiger partial charge in [0.25, 0.3) is 5.91 Å². The van der Waals surface area contributed by atoms with E-state index in [-0.39, 0.29) is 49.3 Å². The fraction of sp³-hybridized carbons (Fsp3) is 0.622. The highest BCUT2D eigenvalue weighted by Gasteiger charge is 2.32. The number of carbonyl (C=O) groups excluding carboxylic acids is 2. The maximum Gasteiger partial charge on any atom is 0.416 e. The largest absolute Gasteiger partial charge is 0.490 e. The zero-order valence-electron chi connectivity index (χ0n) is 29.2. The van der Waals surface area contributed by atoms with Crippen molar-refractivity contribution in [3.8, 4) is 5.75 Å². The Hall–Kier alpha value is -3.35. The van der Waals surface area contributed by atoms with Crippen molar-refractivity contribution >= 4 is 17.6 Å². The van der Waals surface area contributed by atoms with Gasteiger partial charge in [0.1, 0.15) is 5.75 Å². The second-order valence-corrected chi connectivity index (χ2v) is 13.8. The van der Waals surface area contributed by atoms with Gasteiger partial charge in [0.15, 0.2) is 0 Å². The molecule has 0 bridgehead atoms. The summed E-state index contributed by atoms with van der Waals surface area (Å²) in [4.78, 5) is 30.9. The lowest BCUT2D eigenvalue weighted by Gasteiger charge is -2.36. The minimum Gasteiger partial charge on any atom is -0.490 e. The van der Waals surface area contributed by atoms with Gasteiger partial charge in [-0.1, -0.05) is 38.3 Å². The van der Waals surface area contributed by atoms with E-state index in [9.17, 15) is 27.9 Å². The number of nitrogens with zero attached hydrogens (tertiary/aromatic N) is 2. The molecule has 1 aliphatic heterocycles. The van der Waals surface area contributed by atoms with Gasteiger partial charge >= 0.3 is 12.2 Å². The van der Waals surface area contributed by atoms with E-state index in [0.717, 1.165) is 62.6 Å². The number of likely N-dealkylation sites (N-methyl/N-ethyl adjacent to an activating group) is 1. The predicted octanol–water partition coefficient (Wildman–Crippen LogP) is 7.09. The van der Waals surface area contributed by atoms with Crippen LogP contribution in [0.1, 0.15) is 93.6 Å². The number of fused-ring (bicyclic) bond motifs is 1. The Bertz CT molecular complexity index is 1350. The van der Waals surface area contributed by atoms with Crippen LogP contribution in [0.2, 0.25) is 0 Å². The number of urea groups is 1. The Balaban J connectivity index is 1.54. The van der Waals surface area contributed by atoms with Crippen LogP contribution in [-0.2, 0) is 17.5 Å². The SMILES string of the molecule is C[C@@H]1CCCCO[C@@H](CN(C)Cc2ccc(C(F)(F)F)cc2)[C@@H](C)CN([C@H](C)CO)C(=O)c2cc(NC(=O)NC3CCCCC3)ccc2O1. The van der Waals surface area contributed by atoms with Crippen molar-refractivity contribution in [1.29, 1.82) is 0 Å². The fourth-order valence-electron chi connectivity index (χ4n) is 6.54. The maximum absolute atomic E-state index is 14.4. The van der Waals surface area contributed by atoms with Crippen molar-refractivity contribution < 1.29 is 37.3 Å². The van der Waals surface area contributed by atoms with E-state index in [1.165, 1.54) is 18.6 Å². The van der Waals surface area contributed by atoms with E-state index in [0.29, 0.717) is 36.7 Å². The number of amides is 3. The third kappa shape index (κ3) is 11.6. The van der Waals surface area contributed by atoms with Crippen LogP contribution < -0.4 is 15.4 Å². The molecule has 272 valence electrons. The van der Waals surface area contributed by atoms with Crippen molar-refractivity contribution in [3.05, 3.63) is 59.2 Å². The number of rotatable bonds is 8. The summed E-state index contributed by atoms with van der Waals surface area (Å²) >= 11 is 0. The molecule has 1 aliphatic carbocycles. The van der Waals surface area contributed by atoms with E-state index in [1.807, 2.05) is 25.8 Å². The molecule has 0 saturated heterocycles. The highest BCUT2D eigenvalue weighted by molar-refractivity contribution is 5.99. The van der Waals surface area contributed by atoms with Gasteiger partial charge in [-0.25, -0.2) is 4.79 Å². The summed E-state index contributed by atoms with van der Waals surface area (Å²) in [5, 5.41) is 16.2. The number of aliphatic hydroxyl groups is 1. The first kappa shape index (κ1) is 38.5. The van der Waals surface area contributed by atoms with Crippen LogP contribution in [0.4, 0.5) is 23.7 Å². The van der Waals surface area contributed by atoms with Gasteiger partial charge in [0.2, 0.25) is 0 Å². The van der Waals surface area contributed by atoms with Crippen LogP contribution >= 0.6 is 0 Å². The molecule has 0 spiro atoms. The summed E-state index contributed by atoms with van der Waals surface area (Å²) in [6, 6.07) is 9.56. The predicted molar refractivity (Wildman–Crippen MR) is 184 cm³/mol. The van der Waals surface area contributed by atoms with Gasteiger partial charge in [-0.3, -0.25) is 9.69 Å². The smallest absolute Gasteiger partial charge is 0.416 e. The first-order chi connectivity index (χ1) is 23.3. The molecule has 9 nitrogen and oxygen atoms in total. The second kappa shape index (κ2) is 18.1. The molecule has 3 N–H and O–H groups in total. The minimum atomic E-state index is -4.39. The van der Waals surface area contributed by atoms with Gasteiger partial charge in [-0.15, -0.1) is 0 Å². The first-order valence-electron chi connectivity index (χ1n) is 17.6. The van der Waals surface area contributed by atoms with Crippen LogP contribution in [0, 0.1) is 5.92 Å². The number of hydrogen-bond donors (Lipinski definition) is 3. The molecule has 4 atom stereocenters. The van der Waals surface area contributed by atoms with Gasteiger partial charge in [0, 0.05) is 43.9 Å². The van der Waals surface area contributed by atoms with Gasteiger partial charge in [-0.05, 0) is 88.9 Å². The number of benzene rings is 2. The highest BCUT2D eigenvalue weighted by Crippen LogP contribution is 2.30. The zero-order chi connectivity index (χ0) is 35.6. The number of carbonyl (C=O) groups is 2. The zero-order valence-corrected chi connectivity index (χ0v) is 29.2. The molecule has 1 fully saturated rings.